The molecule has 0 spiro atoms. The molecule has 2 rings (SSSR count). The maximum atomic E-state index is 11.9. The molecule has 4 nitrogen and oxygen atoms in total. The highest BCUT2D eigenvalue weighted by atomic mass is 35.5. The van der Waals surface area contributed by atoms with Crippen molar-refractivity contribution in [2.24, 2.45) is 0 Å². The first-order chi connectivity index (χ1) is 9.19. The molecule has 1 atom stereocenters. The van der Waals surface area contributed by atoms with Gasteiger partial charge in [-0.1, -0.05) is 11.6 Å². The lowest BCUT2D eigenvalue weighted by Gasteiger charge is -2.14. The van der Waals surface area contributed by atoms with E-state index in [-0.39, 0.29) is 12.0 Å². The molecule has 1 aromatic carbocycles. The highest BCUT2D eigenvalue weighted by Crippen LogP contribution is 2.20. The third-order valence-electron chi connectivity index (χ3n) is 2.63. The van der Waals surface area contributed by atoms with Crippen molar-refractivity contribution in [3.05, 3.63) is 41.1 Å². The van der Waals surface area contributed by atoms with Gasteiger partial charge in [-0.15, -0.1) is 0 Å². The second-order valence-electron chi connectivity index (χ2n) is 4.06. The second kappa shape index (κ2) is 6.59. The minimum absolute atomic E-state index is 0.154. The van der Waals surface area contributed by atoms with Crippen molar-refractivity contribution in [1.82, 2.24) is 0 Å². The monoisotopic (exact) mass is 282 g/mol. The number of carbonyl (C=O) groups excluding carboxylic acids is 1. The Labute approximate surface area is 116 Å². The second-order valence-corrected chi connectivity index (χ2v) is 4.49. The summed E-state index contributed by atoms with van der Waals surface area (Å²) in [6.45, 7) is 2.38. The Bertz CT molecular complexity index is 461. The minimum atomic E-state index is -0.541. The van der Waals surface area contributed by atoms with Crippen LogP contribution in [0.3, 0.4) is 0 Å². The fourth-order valence-corrected chi connectivity index (χ4v) is 1.80. The van der Waals surface area contributed by atoms with E-state index in [1.165, 1.54) is 0 Å². The number of rotatable bonds is 4. The van der Waals surface area contributed by atoms with Crippen LogP contribution in [0.1, 0.15) is 19.8 Å². The third kappa shape index (κ3) is 3.98. The lowest BCUT2D eigenvalue weighted by Crippen LogP contribution is -2.19. The Kier molecular flexibility index (Phi) is 4.82. The van der Waals surface area contributed by atoms with Crippen molar-refractivity contribution < 1.29 is 19.0 Å². The number of halogens is 1. The van der Waals surface area contributed by atoms with Gasteiger partial charge in [-0.25, -0.2) is 4.79 Å². The SMILES string of the molecule is C/C=C(/O[C@@H]1CCCO1)C(=O)Oc1ccc(Cl)cc1. The van der Waals surface area contributed by atoms with Gasteiger partial charge >= 0.3 is 5.97 Å². The number of allylic oxidation sites excluding steroid dienone is 1. The van der Waals surface area contributed by atoms with Gasteiger partial charge in [-0.2, -0.15) is 0 Å². The van der Waals surface area contributed by atoms with Crippen LogP contribution >= 0.6 is 11.6 Å². The van der Waals surface area contributed by atoms with Crippen LogP contribution in [0.2, 0.25) is 5.02 Å². The summed E-state index contributed by atoms with van der Waals surface area (Å²) in [5, 5.41) is 0.585. The quantitative estimate of drug-likeness (QED) is 0.368. The standard InChI is InChI=1S/C14H15ClO4/c1-2-12(19-13-4-3-9-17-13)14(16)18-11-7-5-10(15)6-8-11/h2,5-8,13H,3-4,9H2,1H3/b12-2+/t13-/m1/s1. The first-order valence-corrected chi connectivity index (χ1v) is 6.49. The number of hydrogen-bond acceptors (Lipinski definition) is 4. The lowest BCUT2D eigenvalue weighted by molar-refractivity contribution is -0.142. The maximum absolute atomic E-state index is 11.9. The fraction of sp³-hybridized carbons (Fsp3) is 0.357. The lowest BCUT2D eigenvalue weighted by atomic mass is 10.3. The minimum Gasteiger partial charge on any atom is -0.458 e. The van der Waals surface area contributed by atoms with Gasteiger partial charge in [-0.05, 0) is 43.7 Å². The van der Waals surface area contributed by atoms with Crippen LogP contribution in [0.5, 0.6) is 5.75 Å². The molecule has 1 heterocycles. The zero-order valence-corrected chi connectivity index (χ0v) is 11.4. The number of carbonyl (C=O) groups is 1. The average Bonchev–Trinajstić information content (AvgIpc) is 2.91. The summed E-state index contributed by atoms with van der Waals surface area (Å²) < 4.78 is 16.0. The van der Waals surface area contributed by atoms with E-state index < -0.39 is 5.97 Å². The van der Waals surface area contributed by atoms with Crippen molar-refractivity contribution in [1.29, 1.82) is 0 Å². The molecule has 0 bridgehead atoms. The van der Waals surface area contributed by atoms with E-state index in [9.17, 15) is 4.79 Å². The summed E-state index contributed by atoms with van der Waals surface area (Å²) in [7, 11) is 0. The van der Waals surface area contributed by atoms with E-state index in [2.05, 4.69) is 0 Å². The maximum Gasteiger partial charge on any atom is 0.378 e. The molecule has 0 unspecified atom stereocenters. The van der Waals surface area contributed by atoms with Crippen molar-refractivity contribution in [3.63, 3.8) is 0 Å². The highest BCUT2D eigenvalue weighted by Gasteiger charge is 2.22. The van der Waals surface area contributed by atoms with Crippen molar-refractivity contribution in [2.75, 3.05) is 6.61 Å². The largest absolute Gasteiger partial charge is 0.458 e. The van der Waals surface area contributed by atoms with Crippen LogP contribution in [-0.2, 0) is 14.3 Å². The van der Waals surface area contributed by atoms with Gasteiger partial charge in [0.15, 0.2) is 6.29 Å². The van der Waals surface area contributed by atoms with Crippen molar-refractivity contribution in [3.8, 4) is 5.75 Å². The van der Waals surface area contributed by atoms with Crippen molar-refractivity contribution >= 4 is 17.6 Å². The summed E-state index contributed by atoms with van der Waals surface area (Å²) in [6.07, 6.45) is 2.93. The van der Waals surface area contributed by atoms with E-state index >= 15 is 0 Å². The van der Waals surface area contributed by atoms with Crippen LogP contribution in [0.15, 0.2) is 36.1 Å². The highest BCUT2D eigenvalue weighted by molar-refractivity contribution is 6.30. The molecule has 0 aliphatic carbocycles. The number of hydrogen-bond donors (Lipinski definition) is 0. The molecule has 0 radical (unpaired) electrons. The molecule has 0 amide bonds. The van der Waals surface area contributed by atoms with Crippen LogP contribution in [0, 0.1) is 0 Å². The molecule has 1 aromatic rings. The molecule has 0 N–H and O–H groups in total. The van der Waals surface area contributed by atoms with Crippen LogP contribution in [0.25, 0.3) is 0 Å². The van der Waals surface area contributed by atoms with Gasteiger partial charge in [-0.3, -0.25) is 0 Å². The van der Waals surface area contributed by atoms with Gasteiger partial charge in [0, 0.05) is 11.4 Å². The fourth-order valence-electron chi connectivity index (χ4n) is 1.68. The Balaban J connectivity index is 1.94. The normalized spacial score (nSPS) is 19.3. The zero-order valence-electron chi connectivity index (χ0n) is 10.6. The summed E-state index contributed by atoms with van der Waals surface area (Å²) in [4.78, 5) is 11.9. The molecular weight excluding hydrogens is 268 g/mol. The molecule has 19 heavy (non-hydrogen) atoms. The van der Waals surface area contributed by atoms with E-state index in [1.807, 2.05) is 0 Å². The molecule has 1 aliphatic rings. The average molecular weight is 283 g/mol. The zero-order chi connectivity index (χ0) is 13.7. The van der Waals surface area contributed by atoms with Crippen LogP contribution in [-0.4, -0.2) is 18.9 Å². The summed E-state index contributed by atoms with van der Waals surface area (Å²) in [6, 6.07) is 6.56. The molecule has 0 aromatic heterocycles. The Morgan fingerprint density at radius 3 is 2.74 bits per heavy atom. The number of benzene rings is 1. The molecular formula is C14H15ClO4. The predicted octanol–water partition coefficient (Wildman–Crippen LogP) is 3.30. The summed E-state index contributed by atoms with van der Waals surface area (Å²) in [5.74, 6) is 0.0341. The van der Waals surface area contributed by atoms with Gasteiger partial charge in [0.25, 0.3) is 0 Å². The van der Waals surface area contributed by atoms with Crippen LogP contribution < -0.4 is 4.74 Å². The van der Waals surface area contributed by atoms with Crippen molar-refractivity contribution in [2.45, 2.75) is 26.1 Å². The molecule has 1 saturated heterocycles. The predicted molar refractivity (Wildman–Crippen MR) is 70.9 cm³/mol. The Hall–Kier alpha value is -1.52. The number of esters is 1. The smallest absolute Gasteiger partial charge is 0.378 e. The molecule has 0 saturated carbocycles. The topological polar surface area (TPSA) is 44.8 Å². The van der Waals surface area contributed by atoms with Gasteiger partial charge < -0.3 is 14.2 Å². The summed E-state index contributed by atoms with van der Waals surface area (Å²) >= 11 is 5.76. The Morgan fingerprint density at radius 2 is 2.16 bits per heavy atom. The van der Waals surface area contributed by atoms with E-state index in [0.717, 1.165) is 12.8 Å². The van der Waals surface area contributed by atoms with Gasteiger partial charge in [0.1, 0.15) is 5.75 Å². The first-order valence-electron chi connectivity index (χ1n) is 6.11. The van der Waals surface area contributed by atoms with E-state index in [0.29, 0.717) is 17.4 Å². The molecule has 102 valence electrons. The number of ether oxygens (including phenoxy) is 3. The van der Waals surface area contributed by atoms with Gasteiger partial charge in [0.05, 0.1) is 6.61 Å². The van der Waals surface area contributed by atoms with Crippen LogP contribution in [0.4, 0.5) is 0 Å². The Morgan fingerprint density at radius 1 is 1.42 bits per heavy atom. The van der Waals surface area contributed by atoms with E-state index in [1.54, 1.807) is 37.3 Å². The summed E-state index contributed by atoms with van der Waals surface area (Å²) in [5.41, 5.74) is 0. The molecule has 1 fully saturated rings. The first kappa shape index (κ1) is 13.9. The molecule has 1 aliphatic heterocycles. The third-order valence-corrected chi connectivity index (χ3v) is 2.89. The molecule has 5 heteroatoms. The van der Waals surface area contributed by atoms with E-state index in [4.69, 9.17) is 25.8 Å². The van der Waals surface area contributed by atoms with Gasteiger partial charge in [0.2, 0.25) is 5.76 Å².